The Kier molecular flexibility index (Phi) is 4.27. The molecule has 0 radical (unpaired) electrons. The van der Waals surface area contributed by atoms with Crippen molar-refractivity contribution in [1.29, 1.82) is 0 Å². The van der Waals surface area contributed by atoms with E-state index in [-0.39, 0.29) is 5.91 Å². The zero-order chi connectivity index (χ0) is 15.5. The van der Waals surface area contributed by atoms with Gasteiger partial charge in [0.05, 0.1) is 11.4 Å². The van der Waals surface area contributed by atoms with E-state index in [2.05, 4.69) is 21.4 Å². The van der Waals surface area contributed by atoms with Crippen LogP contribution >= 0.6 is 0 Å². The van der Waals surface area contributed by atoms with Crippen LogP contribution in [0.3, 0.4) is 0 Å². The van der Waals surface area contributed by atoms with E-state index in [1.54, 1.807) is 4.68 Å². The number of hydrogen-bond donors (Lipinski definition) is 1. The second-order valence-electron chi connectivity index (χ2n) is 6.11. The van der Waals surface area contributed by atoms with Crippen molar-refractivity contribution < 1.29 is 4.79 Å². The summed E-state index contributed by atoms with van der Waals surface area (Å²) in [6.07, 6.45) is 5.18. The number of aryl methyl sites for hydroxylation is 3. The number of piperidine rings is 1. The molecule has 0 saturated carbocycles. The van der Waals surface area contributed by atoms with E-state index in [1.165, 1.54) is 0 Å². The average Bonchev–Trinajstić information content (AvgIpc) is 3.13. The number of likely N-dealkylation sites (tertiary alicyclic amines) is 1. The molecule has 2 aromatic rings. The third-order valence-electron chi connectivity index (χ3n) is 4.36. The van der Waals surface area contributed by atoms with Gasteiger partial charge in [-0.15, -0.1) is 0 Å². The first-order valence-electron chi connectivity index (χ1n) is 7.90. The van der Waals surface area contributed by atoms with Crippen molar-refractivity contribution in [3.63, 3.8) is 0 Å². The number of aromatic amines is 1. The summed E-state index contributed by atoms with van der Waals surface area (Å²) >= 11 is 0. The Morgan fingerprint density at radius 3 is 2.77 bits per heavy atom. The van der Waals surface area contributed by atoms with Crippen LogP contribution in [0.5, 0.6) is 0 Å². The molecular formula is C16H23N5O. The van der Waals surface area contributed by atoms with Gasteiger partial charge in [0, 0.05) is 50.8 Å². The Hall–Kier alpha value is -2.11. The van der Waals surface area contributed by atoms with Gasteiger partial charge in [0.2, 0.25) is 5.91 Å². The minimum absolute atomic E-state index is 0.238. The van der Waals surface area contributed by atoms with Gasteiger partial charge in [-0.3, -0.25) is 14.6 Å². The fourth-order valence-corrected chi connectivity index (χ4v) is 3.06. The molecule has 1 amide bonds. The zero-order valence-electron chi connectivity index (χ0n) is 13.2. The first kappa shape index (κ1) is 14.8. The maximum absolute atomic E-state index is 12.3. The number of rotatable bonds is 4. The lowest BCUT2D eigenvalue weighted by molar-refractivity contribution is -0.132. The number of hydrogen-bond acceptors (Lipinski definition) is 3. The van der Waals surface area contributed by atoms with E-state index >= 15 is 0 Å². The van der Waals surface area contributed by atoms with Gasteiger partial charge in [0.15, 0.2) is 0 Å². The number of aromatic nitrogens is 4. The average molecular weight is 301 g/mol. The summed E-state index contributed by atoms with van der Waals surface area (Å²) in [5, 5.41) is 11.7. The van der Waals surface area contributed by atoms with Crippen molar-refractivity contribution in [3.05, 3.63) is 35.4 Å². The lowest BCUT2D eigenvalue weighted by Crippen LogP contribution is -2.38. The number of carbonyl (C=O) groups is 1. The van der Waals surface area contributed by atoms with Gasteiger partial charge in [0.1, 0.15) is 0 Å². The summed E-state index contributed by atoms with van der Waals surface area (Å²) in [4.78, 5) is 14.3. The number of H-pyrrole nitrogens is 1. The Balaban J connectivity index is 1.47. The zero-order valence-corrected chi connectivity index (χ0v) is 13.2. The monoisotopic (exact) mass is 301 g/mol. The molecule has 6 heteroatoms. The lowest BCUT2D eigenvalue weighted by atomic mass is 9.93. The van der Waals surface area contributed by atoms with E-state index in [1.807, 2.05) is 31.1 Å². The molecule has 1 fully saturated rings. The molecule has 1 aliphatic heterocycles. The topological polar surface area (TPSA) is 66.8 Å². The quantitative estimate of drug-likeness (QED) is 0.936. The van der Waals surface area contributed by atoms with Crippen LogP contribution in [-0.2, 0) is 18.3 Å². The molecule has 3 heterocycles. The molecule has 22 heavy (non-hydrogen) atoms. The van der Waals surface area contributed by atoms with Crippen LogP contribution in [0, 0.1) is 6.92 Å². The summed E-state index contributed by atoms with van der Waals surface area (Å²) in [6.45, 7) is 3.68. The Labute approximate surface area is 130 Å². The molecule has 3 rings (SSSR count). The van der Waals surface area contributed by atoms with Crippen LogP contribution in [0.25, 0.3) is 0 Å². The lowest BCUT2D eigenvalue weighted by Gasteiger charge is -2.31. The van der Waals surface area contributed by atoms with Crippen LogP contribution < -0.4 is 0 Å². The highest BCUT2D eigenvalue weighted by Crippen LogP contribution is 2.27. The molecule has 0 unspecified atom stereocenters. The SMILES string of the molecule is Cc1cc(C2CCN(C(=O)CCc3ccn(C)n3)CC2)n[nH]1. The molecule has 0 aromatic carbocycles. The number of nitrogens with zero attached hydrogens (tertiary/aromatic N) is 4. The molecular weight excluding hydrogens is 278 g/mol. The van der Waals surface area contributed by atoms with Crippen LogP contribution in [0.1, 0.15) is 42.3 Å². The second kappa shape index (κ2) is 6.34. The van der Waals surface area contributed by atoms with Crippen molar-refractivity contribution in [2.75, 3.05) is 13.1 Å². The van der Waals surface area contributed by atoms with Crippen LogP contribution in [0.2, 0.25) is 0 Å². The standard InChI is InChI=1S/C16H23N5O/c1-12-11-15(18-17-12)13-5-9-21(10-6-13)16(22)4-3-14-7-8-20(2)19-14/h7-8,11,13H,3-6,9-10H2,1-2H3,(H,17,18). The first-order chi connectivity index (χ1) is 10.6. The smallest absolute Gasteiger partial charge is 0.222 e. The van der Waals surface area contributed by atoms with Crippen LogP contribution in [-0.4, -0.2) is 43.9 Å². The van der Waals surface area contributed by atoms with Crippen molar-refractivity contribution in [2.45, 2.75) is 38.5 Å². The summed E-state index contributed by atoms with van der Waals surface area (Å²) in [5.74, 6) is 0.715. The van der Waals surface area contributed by atoms with E-state index in [0.29, 0.717) is 12.3 Å². The molecule has 1 aliphatic rings. The van der Waals surface area contributed by atoms with E-state index in [9.17, 15) is 4.79 Å². The largest absolute Gasteiger partial charge is 0.343 e. The predicted molar refractivity (Wildman–Crippen MR) is 83.4 cm³/mol. The summed E-state index contributed by atoms with van der Waals surface area (Å²) in [5.41, 5.74) is 3.22. The Bertz CT molecular complexity index is 637. The van der Waals surface area contributed by atoms with Gasteiger partial charge in [0.25, 0.3) is 0 Å². The normalized spacial score (nSPS) is 16.2. The van der Waals surface area contributed by atoms with Gasteiger partial charge >= 0.3 is 0 Å². The van der Waals surface area contributed by atoms with E-state index in [0.717, 1.165) is 49.4 Å². The van der Waals surface area contributed by atoms with Crippen LogP contribution in [0.15, 0.2) is 18.3 Å². The van der Waals surface area contributed by atoms with Gasteiger partial charge in [-0.1, -0.05) is 0 Å². The fraction of sp³-hybridized carbons (Fsp3) is 0.562. The number of nitrogens with one attached hydrogen (secondary N) is 1. The fourth-order valence-electron chi connectivity index (χ4n) is 3.06. The summed E-state index contributed by atoms with van der Waals surface area (Å²) < 4.78 is 1.77. The minimum Gasteiger partial charge on any atom is -0.343 e. The number of carbonyl (C=O) groups excluding carboxylic acids is 1. The molecule has 1 saturated heterocycles. The highest BCUT2D eigenvalue weighted by Gasteiger charge is 2.25. The molecule has 0 spiro atoms. The molecule has 2 aromatic heterocycles. The summed E-state index contributed by atoms with van der Waals surface area (Å²) in [6, 6.07) is 4.09. The predicted octanol–water partition coefficient (Wildman–Crippen LogP) is 1.79. The molecule has 0 atom stereocenters. The van der Waals surface area contributed by atoms with E-state index < -0.39 is 0 Å². The van der Waals surface area contributed by atoms with Crippen LogP contribution in [0.4, 0.5) is 0 Å². The second-order valence-corrected chi connectivity index (χ2v) is 6.11. The maximum atomic E-state index is 12.3. The van der Waals surface area contributed by atoms with Crippen molar-refractivity contribution in [2.24, 2.45) is 7.05 Å². The summed E-state index contributed by atoms with van der Waals surface area (Å²) in [7, 11) is 1.90. The Morgan fingerprint density at radius 2 is 2.18 bits per heavy atom. The minimum atomic E-state index is 0.238. The highest BCUT2D eigenvalue weighted by atomic mass is 16.2. The maximum Gasteiger partial charge on any atom is 0.222 e. The molecule has 118 valence electrons. The molecule has 0 bridgehead atoms. The van der Waals surface area contributed by atoms with Gasteiger partial charge < -0.3 is 4.90 Å². The van der Waals surface area contributed by atoms with Crippen molar-refractivity contribution >= 4 is 5.91 Å². The first-order valence-corrected chi connectivity index (χ1v) is 7.90. The molecule has 0 aliphatic carbocycles. The molecule has 1 N–H and O–H groups in total. The van der Waals surface area contributed by atoms with Crippen molar-refractivity contribution in [3.8, 4) is 0 Å². The van der Waals surface area contributed by atoms with Crippen molar-refractivity contribution in [1.82, 2.24) is 24.9 Å². The third-order valence-corrected chi connectivity index (χ3v) is 4.36. The van der Waals surface area contributed by atoms with Gasteiger partial charge in [-0.2, -0.15) is 10.2 Å². The van der Waals surface area contributed by atoms with E-state index in [4.69, 9.17) is 0 Å². The highest BCUT2D eigenvalue weighted by molar-refractivity contribution is 5.76. The Morgan fingerprint density at radius 1 is 1.41 bits per heavy atom. The van der Waals surface area contributed by atoms with Gasteiger partial charge in [-0.05, 0) is 31.9 Å². The van der Waals surface area contributed by atoms with Gasteiger partial charge in [-0.25, -0.2) is 0 Å². The molecule has 6 nitrogen and oxygen atoms in total. The third kappa shape index (κ3) is 3.37. The number of amides is 1.